The lowest BCUT2D eigenvalue weighted by atomic mass is 9.92. The van der Waals surface area contributed by atoms with E-state index in [1.54, 1.807) is 0 Å². The van der Waals surface area contributed by atoms with Crippen molar-refractivity contribution in [2.24, 2.45) is 11.8 Å². The molecule has 2 atom stereocenters. The fourth-order valence-electron chi connectivity index (χ4n) is 1.94. The molecule has 0 fully saturated rings. The zero-order valence-electron chi connectivity index (χ0n) is 13.5. The van der Waals surface area contributed by atoms with Crippen LogP contribution in [0.15, 0.2) is 0 Å². The van der Waals surface area contributed by atoms with E-state index in [1.807, 2.05) is 0 Å². The minimum Gasteiger partial charge on any atom is -0.381 e. The van der Waals surface area contributed by atoms with E-state index in [2.05, 4.69) is 27.7 Å². The molecule has 0 aliphatic heterocycles. The molecule has 0 N–H and O–H groups in total. The maximum Gasteiger partial charge on any atom is 0.0498 e. The SMILES string of the molecule is CCCOCCC(COCCC)C(C)COCCC. The monoisotopic (exact) mass is 274 g/mol. The Bertz CT molecular complexity index is 173. The van der Waals surface area contributed by atoms with Crippen molar-refractivity contribution in [2.75, 3.05) is 39.6 Å². The zero-order valence-corrected chi connectivity index (χ0v) is 13.5. The van der Waals surface area contributed by atoms with Gasteiger partial charge in [0.1, 0.15) is 0 Å². The molecule has 0 saturated carbocycles. The standard InChI is InChI=1S/C16H34O3/c1-5-9-17-12-8-16(14-19-11-7-3)15(4)13-18-10-6-2/h15-16H,5-14H2,1-4H3. The molecule has 0 bridgehead atoms. The van der Waals surface area contributed by atoms with Gasteiger partial charge in [-0.15, -0.1) is 0 Å². The molecule has 0 aliphatic carbocycles. The van der Waals surface area contributed by atoms with Gasteiger partial charge < -0.3 is 14.2 Å². The molecule has 0 aromatic rings. The summed E-state index contributed by atoms with van der Waals surface area (Å²) in [7, 11) is 0. The fourth-order valence-corrected chi connectivity index (χ4v) is 1.94. The number of rotatable bonds is 14. The van der Waals surface area contributed by atoms with Crippen LogP contribution in [0.25, 0.3) is 0 Å². The second-order valence-corrected chi connectivity index (χ2v) is 5.29. The first-order chi connectivity index (χ1) is 9.26. The van der Waals surface area contributed by atoms with Crippen molar-refractivity contribution < 1.29 is 14.2 Å². The van der Waals surface area contributed by atoms with Crippen LogP contribution in [-0.2, 0) is 14.2 Å². The Kier molecular flexibility index (Phi) is 14.2. The molecule has 116 valence electrons. The fraction of sp³-hybridized carbons (Fsp3) is 1.00. The first-order valence-corrected chi connectivity index (χ1v) is 7.99. The molecule has 0 radical (unpaired) electrons. The van der Waals surface area contributed by atoms with E-state index < -0.39 is 0 Å². The van der Waals surface area contributed by atoms with Crippen molar-refractivity contribution in [1.29, 1.82) is 0 Å². The molecule has 0 spiro atoms. The average molecular weight is 274 g/mol. The molecule has 3 nitrogen and oxygen atoms in total. The molecule has 3 heteroatoms. The predicted octanol–water partition coefficient (Wildman–Crippen LogP) is 3.91. The van der Waals surface area contributed by atoms with Crippen molar-refractivity contribution in [3.63, 3.8) is 0 Å². The van der Waals surface area contributed by atoms with Crippen molar-refractivity contribution in [2.45, 2.75) is 53.4 Å². The van der Waals surface area contributed by atoms with E-state index in [0.29, 0.717) is 11.8 Å². The summed E-state index contributed by atoms with van der Waals surface area (Å²) in [5, 5.41) is 0. The highest BCUT2D eigenvalue weighted by Crippen LogP contribution is 2.17. The number of ether oxygens (including phenoxy) is 3. The van der Waals surface area contributed by atoms with E-state index >= 15 is 0 Å². The van der Waals surface area contributed by atoms with Crippen LogP contribution in [0, 0.1) is 11.8 Å². The quantitative estimate of drug-likeness (QED) is 0.449. The molecule has 0 aromatic carbocycles. The Morgan fingerprint density at radius 3 is 1.79 bits per heavy atom. The third kappa shape index (κ3) is 11.4. The van der Waals surface area contributed by atoms with Crippen LogP contribution in [0.3, 0.4) is 0 Å². The Balaban J connectivity index is 3.92. The van der Waals surface area contributed by atoms with E-state index in [4.69, 9.17) is 14.2 Å². The van der Waals surface area contributed by atoms with E-state index in [-0.39, 0.29) is 0 Å². The molecule has 2 unspecified atom stereocenters. The van der Waals surface area contributed by atoms with Crippen LogP contribution in [0.2, 0.25) is 0 Å². The second-order valence-electron chi connectivity index (χ2n) is 5.29. The molecule has 0 rings (SSSR count). The highest BCUT2D eigenvalue weighted by Gasteiger charge is 2.17. The largest absolute Gasteiger partial charge is 0.381 e. The maximum atomic E-state index is 5.72. The molecule has 0 aliphatic rings. The maximum absolute atomic E-state index is 5.72. The Morgan fingerprint density at radius 1 is 0.684 bits per heavy atom. The summed E-state index contributed by atoms with van der Waals surface area (Å²) in [5.74, 6) is 1.08. The highest BCUT2D eigenvalue weighted by atomic mass is 16.5. The predicted molar refractivity (Wildman–Crippen MR) is 80.6 cm³/mol. The van der Waals surface area contributed by atoms with Gasteiger partial charge in [0, 0.05) is 39.6 Å². The molecular weight excluding hydrogens is 240 g/mol. The van der Waals surface area contributed by atoms with E-state index in [9.17, 15) is 0 Å². The van der Waals surface area contributed by atoms with Gasteiger partial charge in [0.15, 0.2) is 0 Å². The van der Waals surface area contributed by atoms with Gasteiger partial charge in [-0.2, -0.15) is 0 Å². The lowest BCUT2D eigenvalue weighted by Crippen LogP contribution is -2.24. The minimum absolute atomic E-state index is 0.536. The van der Waals surface area contributed by atoms with Gasteiger partial charge in [0.25, 0.3) is 0 Å². The average Bonchev–Trinajstić information content (AvgIpc) is 2.41. The minimum atomic E-state index is 0.536. The lowest BCUT2D eigenvalue weighted by Gasteiger charge is -2.24. The summed E-state index contributed by atoms with van der Waals surface area (Å²) in [6, 6.07) is 0. The third-order valence-electron chi connectivity index (χ3n) is 3.20. The summed E-state index contributed by atoms with van der Waals surface area (Å²) in [5.41, 5.74) is 0. The van der Waals surface area contributed by atoms with Crippen LogP contribution in [-0.4, -0.2) is 39.6 Å². The Labute approximate surface area is 120 Å². The smallest absolute Gasteiger partial charge is 0.0498 e. The van der Waals surface area contributed by atoms with Gasteiger partial charge in [-0.3, -0.25) is 0 Å². The van der Waals surface area contributed by atoms with Gasteiger partial charge in [0.2, 0.25) is 0 Å². The number of hydrogen-bond acceptors (Lipinski definition) is 3. The van der Waals surface area contributed by atoms with Crippen molar-refractivity contribution in [3.05, 3.63) is 0 Å². The van der Waals surface area contributed by atoms with Gasteiger partial charge >= 0.3 is 0 Å². The first kappa shape index (κ1) is 18.9. The zero-order chi connectivity index (χ0) is 14.3. The number of hydrogen-bond donors (Lipinski definition) is 0. The molecule has 0 amide bonds. The summed E-state index contributed by atoms with van der Waals surface area (Å²) in [6.07, 6.45) is 4.33. The topological polar surface area (TPSA) is 27.7 Å². The van der Waals surface area contributed by atoms with E-state index in [0.717, 1.165) is 65.3 Å². The molecule has 0 saturated heterocycles. The Morgan fingerprint density at radius 2 is 1.21 bits per heavy atom. The van der Waals surface area contributed by atoms with Gasteiger partial charge in [-0.1, -0.05) is 27.7 Å². The van der Waals surface area contributed by atoms with Gasteiger partial charge in [-0.05, 0) is 37.5 Å². The van der Waals surface area contributed by atoms with Crippen LogP contribution < -0.4 is 0 Å². The first-order valence-electron chi connectivity index (χ1n) is 7.99. The van der Waals surface area contributed by atoms with Gasteiger partial charge in [-0.25, -0.2) is 0 Å². The van der Waals surface area contributed by atoms with Crippen LogP contribution in [0.5, 0.6) is 0 Å². The summed E-state index contributed by atoms with van der Waals surface area (Å²) >= 11 is 0. The summed E-state index contributed by atoms with van der Waals surface area (Å²) in [6.45, 7) is 13.8. The van der Waals surface area contributed by atoms with Gasteiger partial charge in [0.05, 0.1) is 0 Å². The Hall–Kier alpha value is -0.120. The van der Waals surface area contributed by atoms with Crippen LogP contribution in [0.4, 0.5) is 0 Å². The van der Waals surface area contributed by atoms with E-state index in [1.165, 1.54) is 0 Å². The normalized spacial score (nSPS) is 14.5. The van der Waals surface area contributed by atoms with Crippen LogP contribution in [0.1, 0.15) is 53.4 Å². The van der Waals surface area contributed by atoms with Crippen molar-refractivity contribution in [1.82, 2.24) is 0 Å². The third-order valence-corrected chi connectivity index (χ3v) is 3.20. The molecule has 0 aromatic heterocycles. The molecular formula is C16H34O3. The lowest BCUT2D eigenvalue weighted by molar-refractivity contribution is 0.0210. The summed E-state index contributed by atoms with van der Waals surface area (Å²) in [4.78, 5) is 0. The van der Waals surface area contributed by atoms with Crippen molar-refractivity contribution in [3.8, 4) is 0 Å². The van der Waals surface area contributed by atoms with Crippen molar-refractivity contribution >= 4 is 0 Å². The van der Waals surface area contributed by atoms with Crippen LogP contribution >= 0.6 is 0 Å². The second kappa shape index (κ2) is 14.3. The molecule has 19 heavy (non-hydrogen) atoms. The molecule has 0 heterocycles. The summed E-state index contributed by atoms with van der Waals surface area (Å²) < 4.78 is 17.0. The highest BCUT2D eigenvalue weighted by molar-refractivity contribution is 4.66.